The molecule has 1 aromatic rings. The average molecular weight is 176 g/mol. The second-order valence-corrected chi connectivity index (χ2v) is 2.52. The Morgan fingerprint density at radius 1 is 1.23 bits per heavy atom. The van der Waals surface area contributed by atoms with Crippen molar-refractivity contribution in [3.05, 3.63) is 42.8 Å². The van der Waals surface area contributed by atoms with Gasteiger partial charge in [0.25, 0.3) is 0 Å². The molecular weight excluding hydrogens is 168 g/mol. The van der Waals surface area contributed by atoms with Gasteiger partial charge in [0.1, 0.15) is 6.26 Å². The van der Waals surface area contributed by atoms with Gasteiger partial charge in [0.15, 0.2) is 0 Å². The third-order valence-electron chi connectivity index (χ3n) is 1.68. The van der Waals surface area contributed by atoms with Gasteiger partial charge < -0.3 is 4.84 Å². The lowest BCUT2D eigenvalue weighted by molar-refractivity contribution is 0.139. The Morgan fingerprint density at radius 3 is 2.69 bits per heavy atom. The minimum absolute atomic E-state index is 0.297. The van der Waals surface area contributed by atoms with Crippen molar-refractivity contribution in [2.45, 2.75) is 0 Å². The minimum Gasteiger partial charge on any atom is -0.384 e. The first kappa shape index (κ1) is 7.67. The second-order valence-electron chi connectivity index (χ2n) is 2.52. The van der Waals surface area contributed by atoms with Gasteiger partial charge in [-0.05, 0) is 12.1 Å². The highest BCUT2D eigenvalue weighted by Gasteiger charge is 2.15. The molecule has 0 spiro atoms. The summed E-state index contributed by atoms with van der Waals surface area (Å²) in [6.07, 6.45) is 2.97. The van der Waals surface area contributed by atoms with Crippen LogP contribution in [-0.2, 0) is 4.84 Å². The Bertz CT molecular complexity index is 335. The summed E-state index contributed by atoms with van der Waals surface area (Å²) in [5.74, 6) is 0. The lowest BCUT2D eigenvalue weighted by Crippen LogP contribution is -2.38. The Morgan fingerprint density at radius 2 is 2.00 bits per heavy atom. The molecule has 2 rings (SSSR count). The second kappa shape index (κ2) is 3.18. The third-order valence-corrected chi connectivity index (χ3v) is 1.68. The van der Waals surface area contributed by atoms with Gasteiger partial charge in [0, 0.05) is 0 Å². The number of hydrogen-bond acceptors (Lipinski definition) is 2. The fourth-order valence-corrected chi connectivity index (χ4v) is 1.08. The third kappa shape index (κ3) is 1.46. The van der Waals surface area contributed by atoms with Gasteiger partial charge in [-0.25, -0.2) is 4.79 Å². The number of hydrogen-bond donors (Lipinski definition) is 1. The van der Waals surface area contributed by atoms with E-state index in [1.807, 2.05) is 30.3 Å². The van der Waals surface area contributed by atoms with Crippen molar-refractivity contribution in [1.82, 2.24) is 5.48 Å². The standard InChI is InChI=1S/C9H8N2O2/c12-9-10-13-7-6-11(9)8-4-2-1-3-5-8/h1-7H,(H,10,12). The number of carbonyl (C=O) groups is 1. The van der Waals surface area contributed by atoms with E-state index >= 15 is 0 Å². The number of nitrogens with one attached hydrogen (secondary N) is 1. The molecule has 1 heterocycles. The number of amides is 2. The first-order valence-corrected chi connectivity index (χ1v) is 3.84. The highest BCUT2D eigenvalue weighted by Crippen LogP contribution is 2.14. The zero-order valence-corrected chi connectivity index (χ0v) is 6.81. The largest absolute Gasteiger partial charge is 0.384 e. The molecule has 0 saturated heterocycles. The number of nitrogens with zero attached hydrogens (tertiary/aromatic N) is 1. The summed E-state index contributed by atoms with van der Waals surface area (Å²) in [5, 5.41) is 0. The van der Waals surface area contributed by atoms with E-state index in [-0.39, 0.29) is 6.03 Å². The van der Waals surface area contributed by atoms with Crippen LogP contribution in [0.2, 0.25) is 0 Å². The molecule has 0 fully saturated rings. The highest BCUT2D eigenvalue weighted by molar-refractivity contribution is 5.93. The van der Waals surface area contributed by atoms with Gasteiger partial charge in [-0.2, -0.15) is 5.48 Å². The van der Waals surface area contributed by atoms with Crippen LogP contribution < -0.4 is 10.4 Å². The quantitative estimate of drug-likeness (QED) is 0.706. The fourth-order valence-electron chi connectivity index (χ4n) is 1.08. The summed E-state index contributed by atoms with van der Waals surface area (Å²) < 4.78 is 0. The van der Waals surface area contributed by atoms with Crippen LogP contribution in [0.15, 0.2) is 42.8 Å². The van der Waals surface area contributed by atoms with Gasteiger partial charge in [0.2, 0.25) is 0 Å². The lowest BCUT2D eigenvalue weighted by Gasteiger charge is -2.21. The van der Waals surface area contributed by atoms with Crippen molar-refractivity contribution in [2.24, 2.45) is 0 Å². The Balaban J connectivity index is 2.30. The molecule has 0 aromatic heterocycles. The van der Waals surface area contributed by atoms with Crippen LogP contribution in [0.4, 0.5) is 10.5 Å². The van der Waals surface area contributed by atoms with E-state index in [0.29, 0.717) is 0 Å². The van der Waals surface area contributed by atoms with Gasteiger partial charge in [-0.1, -0.05) is 18.2 Å². The summed E-state index contributed by atoms with van der Waals surface area (Å²) in [6.45, 7) is 0. The number of benzene rings is 1. The molecule has 2 amide bonds. The van der Waals surface area contributed by atoms with Crippen LogP contribution in [0.5, 0.6) is 0 Å². The monoisotopic (exact) mass is 176 g/mol. The van der Waals surface area contributed by atoms with E-state index in [2.05, 4.69) is 10.3 Å². The lowest BCUT2D eigenvalue weighted by atomic mass is 10.3. The zero-order chi connectivity index (χ0) is 9.10. The SMILES string of the molecule is O=C1NOC=CN1c1ccccc1. The predicted molar refractivity (Wildman–Crippen MR) is 47.7 cm³/mol. The first-order chi connectivity index (χ1) is 6.38. The van der Waals surface area contributed by atoms with E-state index in [4.69, 9.17) is 0 Å². The molecule has 4 nitrogen and oxygen atoms in total. The molecule has 1 aliphatic heterocycles. The fraction of sp³-hybridized carbons (Fsp3) is 0. The molecule has 0 saturated carbocycles. The van der Waals surface area contributed by atoms with Crippen molar-refractivity contribution in [2.75, 3.05) is 4.90 Å². The molecule has 0 aliphatic carbocycles. The molecule has 0 atom stereocenters. The molecule has 13 heavy (non-hydrogen) atoms. The van der Waals surface area contributed by atoms with Gasteiger partial charge in [-0.15, -0.1) is 0 Å². The summed E-state index contributed by atoms with van der Waals surface area (Å²) in [6, 6.07) is 9.02. The number of hydroxylamine groups is 1. The van der Waals surface area contributed by atoms with Crippen LogP contribution in [0.3, 0.4) is 0 Å². The van der Waals surface area contributed by atoms with Crippen molar-refractivity contribution in [3.63, 3.8) is 0 Å². The van der Waals surface area contributed by atoms with Gasteiger partial charge >= 0.3 is 6.03 Å². The maximum Gasteiger partial charge on any atom is 0.359 e. The van der Waals surface area contributed by atoms with E-state index in [9.17, 15) is 4.79 Å². The maximum absolute atomic E-state index is 11.2. The van der Waals surface area contributed by atoms with Crippen molar-refractivity contribution in [3.8, 4) is 0 Å². The Labute approximate surface area is 75.4 Å². The number of urea groups is 1. The summed E-state index contributed by atoms with van der Waals surface area (Å²) in [7, 11) is 0. The highest BCUT2D eigenvalue weighted by atomic mass is 16.7. The van der Waals surface area contributed by atoms with Crippen LogP contribution in [0.25, 0.3) is 0 Å². The van der Waals surface area contributed by atoms with E-state index in [0.717, 1.165) is 5.69 Å². The Kier molecular flexibility index (Phi) is 1.88. The predicted octanol–water partition coefficient (Wildman–Crippen LogP) is 1.62. The van der Waals surface area contributed by atoms with Crippen molar-refractivity contribution >= 4 is 11.7 Å². The molecule has 0 unspecified atom stereocenters. The van der Waals surface area contributed by atoms with Crippen LogP contribution in [0, 0.1) is 0 Å². The molecule has 1 N–H and O–H groups in total. The molecule has 0 radical (unpaired) electrons. The van der Waals surface area contributed by atoms with Crippen molar-refractivity contribution in [1.29, 1.82) is 0 Å². The van der Waals surface area contributed by atoms with Crippen LogP contribution >= 0.6 is 0 Å². The summed E-state index contributed by atoms with van der Waals surface area (Å²) in [5.41, 5.74) is 3.04. The molecule has 0 bridgehead atoms. The maximum atomic E-state index is 11.2. The van der Waals surface area contributed by atoms with Crippen molar-refractivity contribution < 1.29 is 9.63 Å². The smallest absolute Gasteiger partial charge is 0.359 e. The molecule has 4 heteroatoms. The molecule has 66 valence electrons. The Hall–Kier alpha value is -1.97. The molecular formula is C9H8N2O2. The zero-order valence-electron chi connectivity index (χ0n) is 6.81. The van der Waals surface area contributed by atoms with Crippen LogP contribution in [-0.4, -0.2) is 6.03 Å². The number of para-hydroxylation sites is 1. The number of rotatable bonds is 1. The summed E-state index contributed by atoms with van der Waals surface area (Å²) in [4.78, 5) is 17.3. The van der Waals surface area contributed by atoms with Gasteiger partial charge in [-0.3, -0.25) is 4.90 Å². The van der Waals surface area contributed by atoms with E-state index < -0.39 is 0 Å². The normalized spacial score (nSPS) is 15.1. The average Bonchev–Trinajstić information content (AvgIpc) is 2.20. The number of carbonyl (C=O) groups excluding carboxylic acids is 1. The first-order valence-electron chi connectivity index (χ1n) is 3.84. The van der Waals surface area contributed by atoms with E-state index in [1.54, 1.807) is 6.20 Å². The topological polar surface area (TPSA) is 41.6 Å². The van der Waals surface area contributed by atoms with Gasteiger partial charge in [0.05, 0.1) is 11.9 Å². The molecule has 1 aromatic carbocycles. The number of anilines is 1. The summed E-state index contributed by atoms with van der Waals surface area (Å²) >= 11 is 0. The van der Waals surface area contributed by atoms with E-state index in [1.165, 1.54) is 11.2 Å². The molecule has 1 aliphatic rings. The minimum atomic E-state index is -0.297. The van der Waals surface area contributed by atoms with Crippen LogP contribution in [0.1, 0.15) is 0 Å².